The van der Waals surface area contributed by atoms with E-state index < -0.39 is 0 Å². The first kappa shape index (κ1) is 17.3. The van der Waals surface area contributed by atoms with Crippen molar-refractivity contribution in [3.8, 4) is 0 Å². The van der Waals surface area contributed by atoms with E-state index in [0.29, 0.717) is 6.54 Å². The molecule has 2 aromatic rings. The predicted molar refractivity (Wildman–Crippen MR) is 95.0 cm³/mol. The summed E-state index contributed by atoms with van der Waals surface area (Å²) in [6, 6.07) is 12.8. The molecule has 0 radical (unpaired) electrons. The molecule has 2 atom stereocenters. The summed E-state index contributed by atoms with van der Waals surface area (Å²) < 4.78 is 2.23. The molecule has 1 heterocycles. The van der Waals surface area contributed by atoms with Crippen LogP contribution in [0, 0.1) is 13.8 Å². The minimum absolute atomic E-state index is 0.00767. The summed E-state index contributed by atoms with van der Waals surface area (Å²) >= 11 is 0. The Hall–Kier alpha value is -2.07. The summed E-state index contributed by atoms with van der Waals surface area (Å²) in [7, 11) is 1.89. The van der Waals surface area contributed by atoms with Crippen molar-refractivity contribution in [1.29, 1.82) is 0 Å². The average molecular weight is 313 g/mol. The molecule has 0 spiro atoms. The largest absolute Gasteiger partial charge is 0.350 e. The molecule has 2 rings (SSSR count). The molecule has 0 bridgehead atoms. The molecule has 0 saturated carbocycles. The second-order valence-electron chi connectivity index (χ2n) is 6.14. The van der Waals surface area contributed by atoms with Crippen LogP contribution in [0.5, 0.6) is 0 Å². The molecule has 4 heteroatoms. The number of hydrogen-bond donors (Lipinski definition) is 2. The number of nitrogens with zero attached hydrogens (tertiary/aromatic N) is 1. The Bertz CT molecular complexity index is 661. The Kier molecular flexibility index (Phi) is 5.61. The van der Waals surface area contributed by atoms with Crippen LogP contribution in [0.15, 0.2) is 36.4 Å². The van der Waals surface area contributed by atoms with Gasteiger partial charge in [-0.25, -0.2) is 0 Å². The second-order valence-corrected chi connectivity index (χ2v) is 6.14. The summed E-state index contributed by atoms with van der Waals surface area (Å²) in [6.45, 7) is 8.90. The summed E-state index contributed by atoms with van der Waals surface area (Å²) in [6.07, 6.45) is 0. The van der Waals surface area contributed by atoms with Gasteiger partial charge in [0, 0.05) is 24.0 Å². The van der Waals surface area contributed by atoms with Gasteiger partial charge in [-0.3, -0.25) is 4.79 Å². The van der Waals surface area contributed by atoms with Crippen LogP contribution < -0.4 is 10.6 Å². The molecule has 1 amide bonds. The van der Waals surface area contributed by atoms with Crippen LogP contribution in [-0.2, 0) is 0 Å². The van der Waals surface area contributed by atoms with E-state index in [1.54, 1.807) is 0 Å². The van der Waals surface area contributed by atoms with Gasteiger partial charge in [-0.2, -0.15) is 0 Å². The smallest absolute Gasteiger partial charge is 0.253 e. The number of benzene rings is 1. The number of carbonyl (C=O) groups is 1. The van der Waals surface area contributed by atoms with Crippen molar-refractivity contribution < 1.29 is 4.79 Å². The van der Waals surface area contributed by atoms with E-state index in [9.17, 15) is 4.79 Å². The highest BCUT2D eigenvalue weighted by Crippen LogP contribution is 2.25. The number of amides is 1. The van der Waals surface area contributed by atoms with Gasteiger partial charge in [-0.1, -0.05) is 30.3 Å². The Morgan fingerprint density at radius 1 is 1.17 bits per heavy atom. The SMILES string of the molecule is CNC(C)CNC(=O)c1cc(C)n(C(C)c2ccccc2)c1C. The summed E-state index contributed by atoms with van der Waals surface area (Å²) in [5.41, 5.74) is 4.11. The minimum Gasteiger partial charge on any atom is -0.350 e. The van der Waals surface area contributed by atoms with E-state index in [-0.39, 0.29) is 18.0 Å². The van der Waals surface area contributed by atoms with Crippen molar-refractivity contribution in [2.24, 2.45) is 0 Å². The van der Waals surface area contributed by atoms with Crippen LogP contribution in [0.1, 0.15) is 47.2 Å². The number of carbonyl (C=O) groups excluding carboxylic acids is 1. The first-order valence-corrected chi connectivity index (χ1v) is 8.14. The molecule has 0 aliphatic heterocycles. The van der Waals surface area contributed by atoms with Gasteiger partial charge in [0.1, 0.15) is 0 Å². The third-order valence-corrected chi connectivity index (χ3v) is 4.46. The maximum Gasteiger partial charge on any atom is 0.253 e. The van der Waals surface area contributed by atoms with Gasteiger partial charge in [0.2, 0.25) is 0 Å². The number of likely N-dealkylation sites (N-methyl/N-ethyl adjacent to an activating group) is 1. The molecule has 1 aromatic carbocycles. The molecular formula is C19H27N3O. The number of nitrogens with one attached hydrogen (secondary N) is 2. The summed E-state index contributed by atoms with van der Waals surface area (Å²) in [4.78, 5) is 12.5. The van der Waals surface area contributed by atoms with E-state index in [1.807, 2.05) is 45.2 Å². The second kappa shape index (κ2) is 7.47. The molecule has 4 nitrogen and oxygen atoms in total. The fourth-order valence-corrected chi connectivity index (χ4v) is 2.93. The monoisotopic (exact) mass is 313 g/mol. The molecule has 0 fully saturated rings. The normalized spacial score (nSPS) is 13.6. The zero-order chi connectivity index (χ0) is 17.0. The lowest BCUT2D eigenvalue weighted by Gasteiger charge is -2.19. The summed E-state index contributed by atoms with van der Waals surface area (Å²) in [5.74, 6) is -0.00767. The molecule has 2 N–H and O–H groups in total. The van der Waals surface area contributed by atoms with E-state index in [1.165, 1.54) is 5.56 Å². The Labute approximate surface area is 138 Å². The van der Waals surface area contributed by atoms with Gasteiger partial charge >= 0.3 is 0 Å². The van der Waals surface area contributed by atoms with Crippen LogP contribution in [0.25, 0.3) is 0 Å². The lowest BCUT2D eigenvalue weighted by Crippen LogP contribution is -2.37. The lowest BCUT2D eigenvalue weighted by molar-refractivity contribution is 0.0950. The highest BCUT2D eigenvalue weighted by atomic mass is 16.1. The predicted octanol–water partition coefficient (Wildman–Crippen LogP) is 3.05. The van der Waals surface area contributed by atoms with Crippen molar-refractivity contribution in [3.05, 3.63) is 58.9 Å². The van der Waals surface area contributed by atoms with Crippen molar-refractivity contribution in [3.63, 3.8) is 0 Å². The molecule has 23 heavy (non-hydrogen) atoms. The van der Waals surface area contributed by atoms with Gasteiger partial charge in [0.15, 0.2) is 0 Å². The van der Waals surface area contributed by atoms with Crippen molar-refractivity contribution in [2.75, 3.05) is 13.6 Å². The van der Waals surface area contributed by atoms with Crippen molar-refractivity contribution in [2.45, 2.75) is 39.8 Å². The quantitative estimate of drug-likeness (QED) is 0.861. The topological polar surface area (TPSA) is 46.1 Å². The standard InChI is InChI=1S/C19H27N3O/c1-13(20-5)12-21-19(23)18-11-14(2)22(16(18)4)15(3)17-9-7-6-8-10-17/h6-11,13,15,20H,12H2,1-5H3,(H,21,23). The van der Waals surface area contributed by atoms with Crippen molar-refractivity contribution >= 4 is 5.91 Å². The highest BCUT2D eigenvalue weighted by molar-refractivity contribution is 5.95. The molecule has 124 valence electrons. The zero-order valence-electron chi connectivity index (χ0n) is 14.7. The van der Waals surface area contributed by atoms with E-state index >= 15 is 0 Å². The number of aryl methyl sites for hydroxylation is 1. The lowest BCUT2D eigenvalue weighted by atomic mass is 10.1. The number of rotatable bonds is 6. The van der Waals surface area contributed by atoms with Crippen LogP contribution in [0.2, 0.25) is 0 Å². The maximum atomic E-state index is 12.5. The molecule has 2 unspecified atom stereocenters. The molecule has 0 aliphatic rings. The average Bonchev–Trinajstić information content (AvgIpc) is 2.87. The molecule has 1 aromatic heterocycles. The molecule has 0 saturated heterocycles. The van der Waals surface area contributed by atoms with Crippen LogP contribution in [0.3, 0.4) is 0 Å². The zero-order valence-corrected chi connectivity index (χ0v) is 14.7. The van der Waals surface area contributed by atoms with E-state index in [4.69, 9.17) is 0 Å². The van der Waals surface area contributed by atoms with E-state index in [2.05, 4.69) is 41.2 Å². The van der Waals surface area contributed by atoms with Gasteiger partial charge in [-0.05, 0) is 46.4 Å². The van der Waals surface area contributed by atoms with Gasteiger partial charge in [0.05, 0.1) is 11.6 Å². The number of aromatic nitrogens is 1. The van der Waals surface area contributed by atoms with Gasteiger partial charge in [0.25, 0.3) is 5.91 Å². The van der Waals surface area contributed by atoms with Crippen LogP contribution in [-0.4, -0.2) is 30.1 Å². The minimum atomic E-state index is -0.00767. The first-order chi connectivity index (χ1) is 11.0. The van der Waals surface area contributed by atoms with Gasteiger partial charge < -0.3 is 15.2 Å². The van der Waals surface area contributed by atoms with Crippen LogP contribution in [0.4, 0.5) is 0 Å². The Balaban J connectivity index is 2.24. The van der Waals surface area contributed by atoms with Crippen LogP contribution >= 0.6 is 0 Å². The first-order valence-electron chi connectivity index (χ1n) is 8.14. The maximum absolute atomic E-state index is 12.5. The Morgan fingerprint density at radius 2 is 1.83 bits per heavy atom. The fraction of sp³-hybridized carbons (Fsp3) is 0.421. The van der Waals surface area contributed by atoms with E-state index in [0.717, 1.165) is 17.0 Å². The molecule has 0 aliphatic carbocycles. The number of hydrogen-bond acceptors (Lipinski definition) is 2. The fourth-order valence-electron chi connectivity index (χ4n) is 2.93. The van der Waals surface area contributed by atoms with Gasteiger partial charge in [-0.15, -0.1) is 0 Å². The Morgan fingerprint density at radius 3 is 2.43 bits per heavy atom. The molecular weight excluding hydrogens is 286 g/mol. The highest BCUT2D eigenvalue weighted by Gasteiger charge is 2.19. The summed E-state index contributed by atoms with van der Waals surface area (Å²) in [5, 5.41) is 6.12. The third-order valence-electron chi connectivity index (χ3n) is 4.46. The van der Waals surface area contributed by atoms with Crippen molar-refractivity contribution in [1.82, 2.24) is 15.2 Å². The third kappa shape index (κ3) is 3.82.